The van der Waals surface area contributed by atoms with Crippen LogP contribution in [0.25, 0.3) is 10.9 Å². The van der Waals surface area contributed by atoms with Crippen LogP contribution >= 0.6 is 11.6 Å². The highest BCUT2D eigenvalue weighted by atomic mass is 35.5. The number of ether oxygens (including phenoxy) is 1. The average Bonchev–Trinajstić information content (AvgIpc) is 2.80. The second kappa shape index (κ2) is 11.1. The van der Waals surface area contributed by atoms with Crippen molar-refractivity contribution in [1.82, 2.24) is 14.1 Å². The van der Waals surface area contributed by atoms with Crippen LogP contribution in [-0.4, -0.2) is 25.8 Å². The van der Waals surface area contributed by atoms with E-state index in [1.54, 1.807) is 37.4 Å². The predicted molar refractivity (Wildman–Crippen MR) is 136 cm³/mol. The van der Waals surface area contributed by atoms with Gasteiger partial charge in [-0.05, 0) is 44.0 Å². The lowest BCUT2D eigenvalue weighted by Crippen LogP contribution is -2.39. The number of aliphatic hydroxyl groups is 1. The fourth-order valence-electron chi connectivity index (χ4n) is 3.52. The summed E-state index contributed by atoms with van der Waals surface area (Å²) in [5.74, 6) is 0.712. The van der Waals surface area contributed by atoms with Gasteiger partial charge in [-0.2, -0.15) is 0 Å². The van der Waals surface area contributed by atoms with Crippen molar-refractivity contribution < 1.29 is 9.84 Å². The van der Waals surface area contributed by atoms with Gasteiger partial charge in [0.1, 0.15) is 5.75 Å². The lowest BCUT2D eigenvalue weighted by atomic mass is 10.0. The summed E-state index contributed by atoms with van der Waals surface area (Å²) in [6, 6.07) is 6.89. The molecule has 1 aromatic carbocycles. The Kier molecular flexibility index (Phi) is 8.26. The molecule has 7 nitrogen and oxygen atoms in total. The average molecular weight is 482 g/mol. The molecule has 0 bridgehead atoms. The molecule has 0 aliphatic rings. The second-order valence-electron chi connectivity index (χ2n) is 8.10. The Hall–Kier alpha value is -3.42. The minimum atomic E-state index is -0.466. The van der Waals surface area contributed by atoms with Crippen molar-refractivity contribution in [3.8, 4) is 11.6 Å². The maximum Gasteiger partial charge on any atom is 0.331 e. The first-order chi connectivity index (χ1) is 16.3. The van der Waals surface area contributed by atoms with Crippen LogP contribution in [0.4, 0.5) is 0 Å². The molecule has 2 heterocycles. The van der Waals surface area contributed by atoms with Crippen molar-refractivity contribution >= 4 is 22.5 Å². The summed E-state index contributed by atoms with van der Waals surface area (Å²) in [7, 11) is 1.59. The first-order valence-corrected chi connectivity index (χ1v) is 11.3. The highest BCUT2D eigenvalue weighted by Gasteiger charge is 2.20. The third-order valence-corrected chi connectivity index (χ3v) is 5.52. The molecule has 0 aliphatic heterocycles. The molecule has 0 amide bonds. The molecular weight excluding hydrogens is 454 g/mol. The molecule has 3 aromatic rings. The SMILES string of the molecule is C=C/C(=C\C=C(C)C)Cc1c(Oc2cccc(Cl)c2)ncc2c1c(=O)n(CCCO)c(=O)n2C. The third-order valence-electron chi connectivity index (χ3n) is 5.28. The minimum absolute atomic E-state index is 0.103. The monoisotopic (exact) mass is 481 g/mol. The van der Waals surface area contributed by atoms with E-state index in [0.717, 1.165) is 15.7 Å². The molecule has 3 rings (SSSR count). The maximum atomic E-state index is 13.5. The summed E-state index contributed by atoms with van der Waals surface area (Å²) in [4.78, 5) is 30.8. The number of pyridine rings is 1. The summed E-state index contributed by atoms with van der Waals surface area (Å²) < 4.78 is 8.60. The number of halogens is 1. The van der Waals surface area contributed by atoms with Crippen molar-refractivity contribution in [3.05, 3.63) is 97.8 Å². The molecule has 178 valence electrons. The van der Waals surface area contributed by atoms with Crippen molar-refractivity contribution in [2.45, 2.75) is 33.2 Å². The highest BCUT2D eigenvalue weighted by molar-refractivity contribution is 6.30. The van der Waals surface area contributed by atoms with Crippen LogP contribution in [0.2, 0.25) is 5.02 Å². The molecular formula is C26H28ClN3O4. The lowest BCUT2D eigenvalue weighted by Gasteiger charge is -2.16. The lowest BCUT2D eigenvalue weighted by molar-refractivity contribution is 0.277. The number of hydrogen-bond acceptors (Lipinski definition) is 5. The number of allylic oxidation sites excluding steroid dienone is 5. The Morgan fingerprint density at radius 3 is 2.68 bits per heavy atom. The summed E-state index contributed by atoms with van der Waals surface area (Å²) in [6.07, 6.45) is 7.66. The zero-order valence-corrected chi connectivity index (χ0v) is 20.3. The minimum Gasteiger partial charge on any atom is -0.439 e. The highest BCUT2D eigenvalue weighted by Crippen LogP contribution is 2.30. The molecule has 0 unspecified atom stereocenters. The van der Waals surface area contributed by atoms with E-state index in [0.29, 0.717) is 33.7 Å². The van der Waals surface area contributed by atoms with Gasteiger partial charge >= 0.3 is 5.69 Å². The van der Waals surface area contributed by atoms with Crippen molar-refractivity contribution in [3.63, 3.8) is 0 Å². The van der Waals surface area contributed by atoms with Crippen molar-refractivity contribution in [1.29, 1.82) is 0 Å². The summed E-state index contributed by atoms with van der Waals surface area (Å²) in [6.45, 7) is 7.85. The topological polar surface area (TPSA) is 86.3 Å². The second-order valence-corrected chi connectivity index (χ2v) is 8.54. The molecule has 0 atom stereocenters. The van der Waals surface area contributed by atoms with Crippen LogP contribution in [0.15, 0.2) is 76.0 Å². The van der Waals surface area contributed by atoms with Gasteiger partial charge in [-0.3, -0.25) is 13.9 Å². The van der Waals surface area contributed by atoms with Crippen LogP contribution in [0.3, 0.4) is 0 Å². The maximum absolute atomic E-state index is 13.5. The number of nitrogens with zero attached hydrogens (tertiary/aromatic N) is 3. The molecule has 34 heavy (non-hydrogen) atoms. The number of fused-ring (bicyclic) bond motifs is 1. The Morgan fingerprint density at radius 2 is 2.03 bits per heavy atom. The van der Waals surface area contributed by atoms with Crippen molar-refractivity contribution in [2.75, 3.05) is 6.61 Å². The quantitative estimate of drug-likeness (QED) is 0.453. The van der Waals surface area contributed by atoms with Gasteiger partial charge in [0.05, 0.1) is 17.1 Å². The van der Waals surface area contributed by atoms with Gasteiger partial charge in [0.2, 0.25) is 5.88 Å². The molecule has 0 saturated heterocycles. The summed E-state index contributed by atoms with van der Waals surface area (Å²) in [5, 5.41) is 10.1. The molecule has 0 fully saturated rings. The first-order valence-electron chi connectivity index (χ1n) is 10.9. The van der Waals surface area contributed by atoms with Crippen molar-refractivity contribution in [2.24, 2.45) is 7.05 Å². The van der Waals surface area contributed by atoms with E-state index in [9.17, 15) is 14.7 Å². The fourth-order valence-corrected chi connectivity index (χ4v) is 3.70. The van der Waals surface area contributed by atoms with E-state index in [1.807, 2.05) is 26.0 Å². The van der Waals surface area contributed by atoms with E-state index in [2.05, 4.69) is 11.6 Å². The number of aryl methyl sites for hydroxylation is 1. The molecule has 0 saturated carbocycles. The standard InChI is InChI=1S/C26H28ClN3O4/c1-5-18(11-10-17(2)3)14-21-23-22(29(4)26(33)30(25(23)32)12-7-13-31)16-28-24(21)34-20-9-6-8-19(27)15-20/h5-6,8-11,15-16,31H,1,7,12-14H2,2-4H3/b18-11+. The van der Waals surface area contributed by atoms with Gasteiger partial charge < -0.3 is 9.84 Å². The largest absolute Gasteiger partial charge is 0.439 e. The summed E-state index contributed by atoms with van der Waals surface area (Å²) in [5.41, 5.74) is 1.97. The Morgan fingerprint density at radius 1 is 1.26 bits per heavy atom. The van der Waals surface area contributed by atoms with Crippen LogP contribution in [-0.2, 0) is 20.0 Å². The molecule has 0 aliphatic carbocycles. The Balaban J connectivity index is 2.32. The van der Waals surface area contributed by atoms with Gasteiger partial charge in [-0.25, -0.2) is 9.78 Å². The van der Waals surface area contributed by atoms with Crippen LogP contribution in [0, 0.1) is 0 Å². The predicted octanol–water partition coefficient (Wildman–Crippen LogP) is 4.54. The van der Waals surface area contributed by atoms with Gasteiger partial charge in [0.25, 0.3) is 5.56 Å². The number of hydrogen-bond donors (Lipinski definition) is 1. The first kappa shape index (κ1) is 25.2. The number of aliphatic hydroxyl groups excluding tert-OH is 1. The summed E-state index contributed by atoms with van der Waals surface area (Å²) >= 11 is 6.12. The third kappa shape index (κ3) is 5.55. The van der Waals surface area contributed by atoms with E-state index in [1.165, 1.54) is 10.8 Å². The van der Waals surface area contributed by atoms with Gasteiger partial charge in [0.15, 0.2) is 0 Å². The van der Waals surface area contributed by atoms with E-state index in [4.69, 9.17) is 16.3 Å². The number of rotatable bonds is 9. The van der Waals surface area contributed by atoms with E-state index in [-0.39, 0.29) is 25.5 Å². The van der Waals surface area contributed by atoms with E-state index < -0.39 is 11.2 Å². The zero-order valence-electron chi connectivity index (χ0n) is 19.5. The Bertz CT molecular complexity index is 1400. The van der Waals surface area contributed by atoms with Gasteiger partial charge in [0, 0.05) is 37.2 Å². The van der Waals surface area contributed by atoms with Crippen LogP contribution in [0.1, 0.15) is 25.8 Å². The zero-order chi connectivity index (χ0) is 24.8. The number of benzene rings is 1. The van der Waals surface area contributed by atoms with Gasteiger partial charge in [-0.15, -0.1) is 0 Å². The van der Waals surface area contributed by atoms with E-state index >= 15 is 0 Å². The molecule has 2 aromatic heterocycles. The molecule has 0 radical (unpaired) electrons. The molecule has 0 spiro atoms. The van der Waals surface area contributed by atoms with Gasteiger partial charge in [-0.1, -0.05) is 48.0 Å². The Labute approximate surface area is 202 Å². The fraction of sp³-hybridized carbons (Fsp3) is 0.269. The molecule has 1 N–H and O–H groups in total. The number of aromatic nitrogens is 3. The van der Waals surface area contributed by atoms with Crippen LogP contribution < -0.4 is 16.0 Å². The smallest absolute Gasteiger partial charge is 0.331 e. The normalized spacial score (nSPS) is 11.5. The molecule has 8 heteroatoms. The van der Waals surface area contributed by atoms with Crippen LogP contribution in [0.5, 0.6) is 11.6 Å².